The average molecular weight is 327 g/mol. The summed E-state index contributed by atoms with van der Waals surface area (Å²) >= 11 is 11.9. The summed E-state index contributed by atoms with van der Waals surface area (Å²) in [5, 5.41) is 7.17. The zero-order valence-corrected chi connectivity index (χ0v) is 13.3. The van der Waals surface area contributed by atoms with Gasteiger partial charge in [0, 0.05) is 25.4 Å². The highest BCUT2D eigenvalue weighted by Gasteiger charge is 2.06. The molecule has 21 heavy (non-hydrogen) atoms. The highest BCUT2D eigenvalue weighted by Crippen LogP contribution is 2.27. The highest BCUT2D eigenvalue weighted by atomic mass is 35.5. The van der Waals surface area contributed by atoms with Crippen LogP contribution in [0.25, 0.3) is 0 Å². The van der Waals surface area contributed by atoms with Crippen molar-refractivity contribution in [3.8, 4) is 0 Å². The monoisotopic (exact) mass is 326 g/mol. The first-order valence-electron chi connectivity index (χ1n) is 6.48. The largest absolute Gasteiger partial charge is 0.374 e. The summed E-state index contributed by atoms with van der Waals surface area (Å²) in [7, 11) is 1.80. The fourth-order valence-corrected chi connectivity index (χ4v) is 1.97. The van der Waals surface area contributed by atoms with Crippen LogP contribution in [0, 0.1) is 0 Å². The predicted octanol–water partition coefficient (Wildman–Crippen LogP) is 4.11. The van der Waals surface area contributed by atoms with Gasteiger partial charge in [-0.15, -0.1) is 0 Å². The van der Waals surface area contributed by atoms with Gasteiger partial charge in [-0.3, -0.25) is 0 Å². The molecule has 1 aromatic heterocycles. The van der Waals surface area contributed by atoms with Crippen LogP contribution in [-0.4, -0.2) is 23.6 Å². The molecule has 1 aromatic carbocycles. The summed E-state index contributed by atoms with van der Waals surface area (Å²) in [5.41, 5.74) is 0.799. The first kappa shape index (κ1) is 15.8. The molecular weight excluding hydrogens is 311 g/mol. The molecule has 112 valence electrons. The number of ether oxygens (including phenoxy) is 1. The van der Waals surface area contributed by atoms with Gasteiger partial charge in [0.25, 0.3) is 0 Å². The van der Waals surface area contributed by atoms with Crippen molar-refractivity contribution in [1.82, 2.24) is 9.97 Å². The van der Waals surface area contributed by atoms with Gasteiger partial charge in [0.1, 0.15) is 18.2 Å². The fraction of sp³-hybridized carbons (Fsp3) is 0.286. The third-order valence-electron chi connectivity index (χ3n) is 2.66. The number of nitrogens with one attached hydrogen (secondary N) is 2. The minimum absolute atomic E-state index is 0.363. The van der Waals surface area contributed by atoms with E-state index in [2.05, 4.69) is 20.6 Å². The maximum absolute atomic E-state index is 6.00. The summed E-state index contributed by atoms with van der Waals surface area (Å²) < 4.78 is 5.34. The van der Waals surface area contributed by atoms with E-state index in [4.69, 9.17) is 27.9 Å². The molecule has 0 aliphatic heterocycles. The van der Waals surface area contributed by atoms with E-state index in [0.29, 0.717) is 40.7 Å². The molecule has 0 unspecified atom stereocenters. The Bertz CT molecular complexity index is 622. The molecule has 0 fully saturated rings. The zero-order valence-electron chi connectivity index (χ0n) is 11.8. The molecule has 0 saturated carbocycles. The van der Waals surface area contributed by atoms with Crippen molar-refractivity contribution in [3.05, 3.63) is 40.1 Å². The summed E-state index contributed by atoms with van der Waals surface area (Å²) in [6.45, 7) is 2.90. The number of halogens is 2. The maximum Gasteiger partial charge on any atom is 0.158 e. The quantitative estimate of drug-likeness (QED) is 0.836. The Morgan fingerprint density at radius 2 is 1.86 bits per heavy atom. The lowest BCUT2D eigenvalue weighted by atomic mass is 10.3. The lowest BCUT2D eigenvalue weighted by Crippen LogP contribution is -2.05. The van der Waals surface area contributed by atoms with Gasteiger partial charge in [-0.1, -0.05) is 23.2 Å². The summed E-state index contributed by atoms with van der Waals surface area (Å²) in [4.78, 5) is 8.73. The summed E-state index contributed by atoms with van der Waals surface area (Å²) in [6.07, 6.45) is 0. The van der Waals surface area contributed by atoms with Gasteiger partial charge in [0.2, 0.25) is 0 Å². The molecule has 5 nitrogen and oxygen atoms in total. The normalized spacial score (nSPS) is 10.5. The molecule has 0 atom stereocenters. The Morgan fingerprint density at radius 1 is 1.10 bits per heavy atom. The van der Waals surface area contributed by atoms with Crippen LogP contribution in [0.2, 0.25) is 10.0 Å². The molecule has 7 heteroatoms. The second-order valence-corrected chi connectivity index (χ2v) is 5.01. The van der Waals surface area contributed by atoms with Crippen LogP contribution < -0.4 is 10.6 Å². The Morgan fingerprint density at radius 3 is 2.52 bits per heavy atom. The number of hydrogen-bond acceptors (Lipinski definition) is 5. The Kier molecular flexibility index (Phi) is 5.61. The maximum atomic E-state index is 6.00. The minimum Gasteiger partial charge on any atom is -0.374 e. The van der Waals surface area contributed by atoms with Crippen LogP contribution in [0.3, 0.4) is 0 Å². The summed E-state index contributed by atoms with van der Waals surface area (Å²) in [5.74, 6) is 1.97. The van der Waals surface area contributed by atoms with E-state index < -0.39 is 0 Å². The standard InChI is InChI=1S/C14H16Cl2N4O/c1-3-21-8-14-19-12(17-2)7-13(20-14)18-9-4-5-10(15)11(16)6-9/h4-7H,3,8H2,1-2H3,(H2,17,18,19,20). The minimum atomic E-state index is 0.363. The van der Waals surface area contributed by atoms with Gasteiger partial charge < -0.3 is 15.4 Å². The second kappa shape index (κ2) is 7.45. The van der Waals surface area contributed by atoms with Gasteiger partial charge >= 0.3 is 0 Å². The molecule has 1 heterocycles. The van der Waals surface area contributed by atoms with E-state index >= 15 is 0 Å². The van der Waals surface area contributed by atoms with Crippen molar-refractivity contribution in [2.45, 2.75) is 13.5 Å². The van der Waals surface area contributed by atoms with Crippen molar-refractivity contribution in [3.63, 3.8) is 0 Å². The molecule has 0 amide bonds. The molecule has 0 spiro atoms. The molecule has 2 rings (SSSR count). The first-order valence-corrected chi connectivity index (χ1v) is 7.23. The van der Waals surface area contributed by atoms with Crippen LogP contribution in [0.5, 0.6) is 0 Å². The van der Waals surface area contributed by atoms with Crippen molar-refractivity contribution >= 4 is 40.5 Å². The van der Waals surface area contributed by atoms with Crippen LogP contribution in [0.1, 0.15) is 12.7 Å². The van der Waals surface area contributed by atoms with Crippen LogP contribution in [-0.2, 0) is 11.3 Å². The smallest absolute Gasteiger partial charge is 0.158 e. The highest BCUT2D eigenvalue weighted by molar-refractivity contribution is 6.42. The van der Waals surface area contributed by atoms with Crippen molar-refractivity contribution in [2.24, 2.45) is 0 Å². The van der Waals surface area contributed by atoms with Gasteiger partial charge in [-0.2, -0.15) is 0 Å². The molecule has 0 aliphatic rings. The lowest BCUT2D eigenvalue weighted by Gasteiger charge is -2.10. The van der Waals surface area contributed by atoms with E-state index in [9.17, 15) is 0 Å². The van der Waals surface area contributed by atoms with Crippen LogP contribution in [0.15, 0.2) is 24.3 Å². The van der Waals surface area contributed by atoms with Gasteiger partial charge in [0.15, 0.2) is 5.82 Å². The number of hydrogen-bond donors (Lipinski definition) is 2. The molecule has 0 radical (unpaired) electrons. The van der Waals surface area contributed by atoms with E-state index in [1.54, 1.807) is 25.2 Å². The molecule has 0 saturated heterocycles. The molecule has 0 bridgehead atoms. The van der Waals surface area contributed by atoms with Crippen LogP contribution in [0.4, 0.5) is 17.3 Å². The van der Waals surface area contributed by atoms with Crippen molar-refractivity contribution < 1.29 is 4.74 Å². The topological polar surface area (TPSA) is 59.1 Å². The Balaban J connectivity index is 2.23. The van der Waals surface area contributed by atoms with Crippen LogP contribution >= 0.6 is 23.2 Å². The third kappa shape index (κ3) is 4.46. The van der Waals surface area contributed by atoms with Gasteiger partial charge in [-0.25, -0.2) is 9.97 Å². The first-order chi connectivity index (χ1) is 10.1. The van der Waals surface area contributed by atoms with E-state index in [-0.39, 0.29) is 0 Å². The third-order valence-corrected chi connectivity index (χ3v) is 3.39. The fourth-order valence-electron chi connectivity index (χ4n) is 1.67. The molecule has 2 aromatic rings. The SMILES string of the molecule is CCOCc1nc(NC)cc(Nc2ccc(Cl)c(Cl)c2)n1. The van der Waals surface area contributed by atoms with E-state index in [1.165, 1.54) is 0 Å². The van der Waals surface area contributed by atoms with Gasteiger partial charge in [0.05, 0.1) is 10.0 Å². The average Bonchev–Trinajstić information content (AvgIpc) is 2.48. The second-order valence-electron chi connectivity index (χ2n) is 4.20. The number of anilines is 3. The Labute approximate surface area is 133 Å². The predicted molar refractivity (Wildman–Crippen MR) is 86.7 cm³/mol. The molecule has 2 N–H and O–H groups in total. The number of nitrogens with zero attached hydrogens (tertiary/aromatic N) is 2. The van der Waals surface area contributed by atoms with Gasteiger partial charge in [-0.05, 0) is 25.1 Å². The lowest BCUT2D eigenvalue weighted by molar-refractivity contribution is 0.128. The van der Waals surface area contributed by atoms with E-state index in [0.717, 1.165) is 5.69 Å². The zero-order chi connectivity index (χ0) is 15.2. The molecular formula is C14H16Cl2N4O. The number of rotatable bonds is 6. The molecule has 0 aliphatic carbocycles. The summed E-state index contributed by atoms with van der Waals surface area (Å²) in [6, 6.07) is 7.11. The van der Waals surface area contributed by atoms with Crippen molar-refractivity contribution in [2.75, 3.05) is 24.3 Å². The van der Waals surface area contributed by atoms with Crippen molar-refractivity contribution in [1.29, 1.82) is 0 Å². The van der Waals surface area contributed by atoms with E-state index in [1.807, 2.05) is 13.0 Å². The Hall–Kier alpha value is -1.56. The number of benzene rings is 1. The number of aromatic nitrogens is 2.